The number of rotatable bonds is 7. The quantitative estimate of drug-likeness (QED) is 0.817. The number of benzene rings is 2. The summed E-state index contributed by atoms with van der Waals surface area (Å²) >= 11 is 0. The molecule has 0 aromatic heterocycles. The topological polar surface area (TPSA) is 49.3 Å². The molecule has 22 heavy (non-hydrogen) atoms. The minimum atomic E-state index is -0.883. The Labute approximate surface area is 132 Å². The fourth-order valence-corrected chi connectivity index (χ4v) is 2.41. The summed E-state index contributed by atoms with van der Waals surface area (Å²) in [6.45, 7) is 5.06. The molecule has 0 saturated carbocycles. The number of hydrogen-bond donors (Lipinski definition) is 2. The first kappa shape index (κ1) is 16.2. The zero-order chi connectivity index (χ0) is 15.9. The van der Waals surface area contributed by atoms with Gasteiger partial charge in [0.05, 0.1) is 5.56 Å². The van der Waals surface area contributed by atoms with Crippen LogP contribution in [0.3, 0.4) is 0 Å². The van der Waals surface area contributed by atoms with E-state index < -0.39 is 5.97 Å². The lowest BCUT2D eigenvalue weighted by Gasteiger charge is -2.14. The van der Waals surface area contributed by atoms with Crippen molar-refractivity contribution in [3.63, 3.8) is 0 Å². The molecule has 2 N–H and O–H groups in total. The van der Waals surface area contributed by atoms with Gasteiger partial charge < -0.3 is 10.4 Å². The van der Waals surface area contributed by atoms with Crippen molar-refractivity contribution in [2.24, 2.45) is 0 Å². The van der Waals surface area contributed by atoms with Crippen molar-refractivity contribution in [1.82, 2.24) is 5.32 Å². The summed E-state index contributed by atoms with van der Waals surface area (Å²) in [5, 5.41) is 12.4. The molecule has 3 heteroatoms. The SMILES string of the molecule is Cc1cccc(CCC(C)NCc2ccc(C(=O)O)cc2)c1. The summed E-state index contributed by atoms with van der Waals surface area (Å²) in [6, 6.07) is 16.1. The Bertz CT molecular complexity index is 620. The van der Waals surface area contributed by atoms with E-state index in [1.54, 1.807) is 12.1 Å². The van der Waals surface area contributed by atoms with Gasteiger partial charge in [-0.2, -0.15) is 0 Å². The first-order valence-electron chi connectivity index (χ1n) is 7.66. The van der Waals surface area contributed by atoms with Crippen LogP contribution in [0.2, 0.25) is 0 Å². The standard InChI is InChI=1S/C19H23NO2/c1-14-4-3-5-16(12-14)7-6-15(2)20-13-17-8-10-18(11-9-17)19(21)22/h3-5,8-12,15,20H,6-7,13H2,1-2H3,(H,21,22). The lowest BCUT2D eigenvalue weighted by Crippen LogP contribution is -2.26. The first-order chi connectivity index (χ1) is 10.5. The summed E-state index contributed by atoms with van der Waals surface area (Å²) < 4.78 is 0. The van der Waals surface area contributed by atoms with Gasteiger partial charge in [0.15, 0.2) is 0 Å². The van der Waals surface area contributed by atoms with Gasteiger partial charge in [0.2, 0.25) is 0 Å². The second-order valence-electron chi connectivity index (χ2n) is 5.81. The molecule has 0 bridgehead atoms. The second-order valence-corrected chi connectivity index (χ2v) is 5.81. The Kier molecular flexibility index (Phi) is 5.73. The average molecular weight is 297 g/mol. The van der Waals surface area contributed by atoms with Gasteiger partial charge in [0.25, 0.3) is 0 Å². The number of carbonyl (C=O) groups is 1. The van der Waals surface area contributed by atoms with Crippen molar-refractivity contribution < 1.29 is 9.90 Å². The predicted octanol–water partition coefficient (Wildman–Crippen LogP) is 3.80. The third kappa shape index (κ3) is 5.01. The van der Waals surface area contributed by atoms with Crippen LogP contribution in [0.15, 0.2) is 48.5 Å². The Morgan fingerprint density at radius 1 is 1.14 bits per heavy atom. The lowest BCUT2D eigenvalue weighted by atomic mass is 10.0. The van der Waals surface area contributed by atoms with Crippen LogP contribution in [-0.2, 0) is 13.0 Å². The highest BCUT2D eigenvalue weighted by Crippen LogP contribution is 2.09. The number of carboxylic acids is 1. The van der Waals surface area contributed by atoms with Gasteiger partial charge in [0, 0.05) is 12.6 Å². The fraction of sp³-hybridized carbons (Fsp3) is 0.316. The van der Waals surface area contributed by atoms with E-state index in [1.807, 2.05) is 12.1 Å². The maximum absolute atomic E-state index is 10.8. The smallest absolute Gasteiger partial charge is 0.335 e. The molecule has 0 amide bonds. The highest BCUT2D eigenvalue weighted by atomic mass is 16.4. The fourth-order valence-electron chi connectivity index (χ4n) is 2.41. The van der Waals surface area contributed by atoms with Gasteiger partial charge in [-0.3, -0.25) is 0 Å². The molecule has 2 aromatic rings. The van der Waals surface area contributed by atoms with Crippen LogP contribution in [0, 0.1) is 6.92 Å². The number of nitrogens with one attached hydrogen (secondary N) is 1. The van der Waals surface area contributed by atoms with E-state index in [1.165, 1.54) is 11.1 Å². The van der Waals surface area contributed by atoms with Gasteiger partial charge in [0.1, 0.15) is 0 Å². The monoisotopic (exact) mass is 297 g/mol. The molecule has 0 heterocycles. The van der Waals surface area contributed by atoms with Crippen molar-refractivity contribution >= 4 is 5.97 Å². The van der Waals surface area contributed by atoms with Crippen LogP contribution < -0.4 is 5.32 Å². The van der Waals surface area contributed by atoms with E-state index in [0.29, 0.717) is 11.6 Å². The normalized spacial score (nSPS) is 12.1. The molecule has 3 nitrogen and oxygen atoms in total. The molecule has 2 aromatic carbocycles. The summed E-state index contributed by atoms with van der Waals surface area (Å²) in [4.78, 5) is 10.8. The van der Waals surface area contributed by atoms with Crippen molar-refractivity contribution in [2.45, 2.75) is 39.3 Å². The van der Waals surface area contributed by atoms with E-state index in [4.69, 9.17) is 5.11 Å². The van der Waals surface area contributed by atoms with Crippen LogP contribution in [0.5, 0.6) is 0 Å². The van der Waals surface area contributed by atoms with Crippen molar-refractivity contribution in [2.75, 3.05) is 0 Å². The van der Waals surface area contributed by atoms with Crippen LogP contribution >= 0.6 is 0 Å². The van der Waals surface area contributed by atoms with E-state index in [9.17, 15) is 4.79 Å². The molecular weight excluding hydrogens is 274 g/mol. The molecule has 0 fully saturated rings. The van der Waals surface area contributed by atoms with E-state index in [-0.39, 0.29) is 0 Å². The van der Waals surface area contributed by atoms with Gasteiger partial charge in [-0.15, -0.1) is 0 Å². The Hall–Kier alpha value is -2.13. The van der Waals surface area contributed by atoms with Gasteiger partial charge in [-0.25, -0.2) is 4.79 Å². The predicted molar refractivity (Wildman–Crippen MR) is 89.2 cm³/mol. The van der Waals surface area contributed by atoms with Gasteiger partial charge >= 0.3 is 5.97 Å². The molecule has 1 atom stereocenters. The highest BCUT2D eigenvalue weighted by Gasteiger charge is 2.04. The maximum Gasteiger partial charge on any atom is 0.335 e. The van der Waals surface area contributed by atoms with E-state index in [2.05, 4.69) is 43.4 Å². The molecular formula is C19H23NO2. The molecule has 0 saturated heterocycles. The first-order valence-corrected chi connectivity index (χ1v) is 7.66. The van der Waals surface area contributed by atoms with E-state index in [0.717, 1.165) is 24.9 Å². The third-order valence-corrected chi connectivity index (χ3v) is 3.80. The maximum atomic E-state index is 10.8. The summed E-state index contributed by atoms with van der Waals surface area (Å²) in [5.41, 5.74) is 4.11. The largest absolute Gasteiger partial charge is 0.478 e. The highest BCUT2D eigenvalue weighted by molar-refractivity contribution is 5.87. The van der Waals surface area contributed by atoms with Gasteiger partial charge in [-0.05, 0) is 49.9 Å². The molecule has 116 valence electrons. The van der Waals surface area contributed by atoms with Crippen LogP contribution in [0.25, 0.3) is 0 Å². The molecule has 1 unspecified atom stereocenters. The lowest BCUT2D eigenvalue weighted by molar-refractivity contribution is 0.0697. The van der Waals surface area contributed by atoms with Crippen LogP contribution in [0.1, 0.15) is 40.4 Å². The third-order valence-electron chi connectivity index (χ3n) is 3.80. The Morgan fingerprint density at radius 2 is 1.86 bits per heavy atom. The van der Waals surface area contributed by atoms with Crippen molar-refractivity contribution in [3.8, 4) is 0 Å². The van der Waals surface area contributed by atoms with Gasteiger partial charge in [-0.1, -0.05) is 42.0 Å². The summed E-state index contributed by atoms with van der Waals surface area (Å²) in [7, 11) is 0. The molecule has 0 spiro atoms. The average Bonchev–Trinajstić information content (AvgIpc) is 2.51. The van der Waals surface area contributed by atoms with Crippen molar-refractivity contribution in [3.05, 3.63) is 70.8 Å². The number of aryl methyl sites for hydroxylation is 2. The molecule has 0 aliphatic carbocycles. The number of aromatic carboxylic acids is 1. The zero-order valence-corrected chi connectivity index (χ0v) is 13.2. The van der Waals surface area contributed by atoms with Crippen LogP contribution in [0.4, 0.5) is 0 Å². The number of carboxylic acid groups (broad SMARTS) is 1. The Balaban J connectivity index is 1.77. The van der Waals surface area contributed by atoms with Crippen molar-refractivity contribution in [1.29, 1.82) is 0 Å². The van der Waals surface area contributed by atoms with Crippen LogP contribution in [-0.4, -0.2) is 17.1 Å². The summed E-state index contributed by atoms with van der Waals surface area (Å²) in [6.07, 6.45) is 2.14. The zero-order valence-electron chi connectivity index (χ0n) is 13.2. The minimum Gasteiger partial charge on any atom is -0.478 e. The second kappa shape index (κ2) is 7.76. The molecule has 0 aliphatic rings. The molecule has 2 rings (SSSR count). The Morgan fingerprint density at radius 3 is 2.50 bits per heavy atom. The molecule has 0 radical (unpaired) electrons. The van der Waals surface area contributed by atoms with E-state index >= 15 is 0 Å². The molecule has 0 aliphatic heterocycles. The number of hydrogen-bond acceptors (Lipinski definition) is 2. The summed E-state index contributed by atoms with van der Waals surface area (Å²) in [5.74, 6) is -0.883. The minimum absolute atomic E-state index is 0.330.